The van der Waals surface area contributed by atoms with Gasteiger partial charge in [-0.25, -0.2) is 0 Å². The molecule has 1 aliphatic rings. The Morgan fingerprint density at radius 2 is 1.91 bits per heavy atom. The Balaban J connectivity index is 1.16. The third kappa shape index (κ3) is 5.10. The summed E-state index contributed by atoms with van der Waals surface area (Å²) in [5, 5.41) is 20.1. The van der Waals surface area contributed by atoms with Crippen molar-refractivity contribution in [3.63, 3.8) is 0 Å². The Hall–Kier alpha value is -2.51. The number of nitrogens with zero attached hydrogens (tertiary/aromatic N) is 2. The second-order valence-corrected chi connectivity index (χ2v) is 9.85. The number of piperidine rings is 1. The van der Waals surface area contributed by atoms with E-state index in [0.29, 0.717) is 22.5 Å². The Morgan fingerprint density at radius 3 is 2.65 bits per heavy atom. The summed E-state index contributed by atoms with van der Waals surface area (Å²) >= 11 is 12.2. The number of nitrogens with one attached hydrogen (secondary N) is 2. The SMILES string of the molecule is Cc1cc(-c2cc3c(OCC(O)CN4CCC(c5ccc(Cl)c(Cl)c5)CC4)cccc3[nH]2)[nH]n1. The van der Waals surface area contributed by atoms with Crippen LogP contribution in [0.15, 0.2) is 48.5 Å². The van der Waals surface area contributed by atoms with E-state index in [1.807, 2.05) is 43.3 Å². The number of aryl methyl sites for hydroxylation is 1. The summed E-state index contributed by atoms with van der Waals surface area (Å²) in [5.41, 5.74) is 5.05. The number of aromatic nitrogens is 3. The van der Waals surface area contributed by atoms with Crippen LogP contribution in [0.2, 0.25) is 10.0 Å². The molecule has 8 heteroatoms. The van der Waals surface area contributed by atoms with E-state index < -0.39 is 6.10 Å². The number of ether oxygens (including phenoxy) is 1. The highest BCUT2D eigenvalue weighted by atomic mass is 35.5. The molecule has 1 saturated heterocycles. The molecular weight excluding hydrogens is 471 g/mol. The minimum Gasteiger partial charge on any atom is -0.490 e. The molecule has 5 rings (SSSR count). The fourth-order valence-corrected chi connectivity index (χ4v) is 5.02. The van der Waals surface area contributed by atoms with Crippen LogP contribution in [-0.4, -0.2) is 57.5 Å². The van der Waals surface area contributed by atoms with Crippen LogP contribution < -0.4 is 4.74 Å². The lowest BCUT2D eigenvalue weighted by Gasteiger charge is -2.33. The van der Waals surface area contributed by atoms with Gasteiger partial charge >= 0.3 is 0 Å². The first kappa shape index (κ1) is 23.2. The summed E-state index contributed by atoms with van der Waals surface area (Å²) in [6.45, 7) is 4.66. The van der Waals surface area contributed by atoms with Gasteiger partial charge in [0, 0.05) is 17.4 Å². The van der Waals surface area contributed by atoms with Crippen molar-refractivity contribution in [2.75, 3.05) is 26.2 Å². The average Bonchev–Trinajstić information content (AvgIpc) is 3.46. The second kappa shape index (κ2) is 10.0. The molecule has 1 atom stereocenters. The smallest absolute Gasteiger partial charge is 0.128 e. The van der Waals surface area contributed by atoms with Crippen LogP contribution in [0.3, 0.4) is 0 Å². The van der Waals surface area contributed by atoms with Gasteiger partial charge in [0.05, 0.1) is 27.1 Å². The summed E-state index contributed by atoms with van der Waals surface area (Å²) in [7, 11) is 0. The third-order valence-electron chi connectivity index (χ3n) is 6.52. The molecule has 3 heterocycles. The number of likely N-dealkylation sites (tertiary alicyclic amines) is 1. The fraction of sp³-hybridized carbons (Fsp3) is 0.346. The highest BCUT2D eigenvalue weighted by Gasteiger charge is 2.23. The average molecular weight is 499 g/mol. The van der Waals surface area contributed by atoms with E-state index in [-0.39, 0.29) is 6.61 Å². The highest BCUT2D eigenvalue weighted by molar-refractivity contribution is 6.42. The molecule has 0 spiro atoms. The van der Waals surface area contributed by atoms with Crippen LogP contribution in [-0.2, 0) is 0 Å². The van der Waals surface area contributed by atoms with Crippen LogP contribution in [0.4, 0.5) is 0 Å². The fourth-order valence-electron chi connectivity index (χ4n) is 4.71. The molecule has 2 aromatic carbocycles. The zero-order valence-electron chi connectivity index (χ0n) is 19.0. The van der Waals surface area contributed by atoms with Crippen molar-refractivity contribution in [3.8, 4) is 17.1 Å². The summed E-state index contributed by atoms with van der Waals surface area (Å²) in [6, 6.07) is 15.9. The number of hydrogen-bond donors (Lipinski definition) is 3. The number of aliphatic hydroxyl groups excluding tert-OH is 1. The number of benzene rings is 2. The lowest BCUT2D eigenvalue weighted by atomic mass is 9.89. The molecule has 3 N–H and O–H groups in total. The predicted molar refractivity (Wildman–Crippen MR) is 137 cm³/mol. The van der Waals surface area contributed by atoms with Crippen molar-refractivity contribution in [2.24, 2.45) is 0 Å². The Bertz CT molecular complexity index is 1280. The van der Waals surface area contributed by atoms with Gasteiger partial charge in [0.25, 0.3) is 0 Å². The molecule has 34 heavy (non-hydrogen) atoms. The number of halogens is 2. The van der Waals surface area contributed by atoms with Crippen LogP contribution in [0.25, 0.3) is 22.3 Å². The van der Waals surface area contributed by atoms with Crippen LogP contribution in [0.1, 0.15) is 30.0 Å². The molecule has 1 unspecified atom stereocenters. The van der Waals surface area contributed by atoms with Crippen molar-refractivity contribution in [1.29, 1.82) is 0 Å². The Kier molecular flexibility index (Phi) is 6.84. The van der Waals surface area contributed by atoms with Crippen molar-refractivity contribution < 1.29 is 9.84 Å². The highest BCUT2D eigenvalue weighted by Crippen LogP contribution is 2.33. The maximum atomic E-state index is 10.7. The van der Waals surface area contributed by atoms with E-state index in [1.54, 1.807) is 0 Å². The maximum Gasteiger partial charge on any atom is 0.128 e. The normalized spacial score (nSPS) is 16.2. The number of fused-ring (bicyclic) bond motifs is 1. The summed E-state index contributed by atoms with van der Waals surface area (Å²) < 4.78 is 6.04. The van der Waals surface area contributed by atoms with Crippen LogP contribution in [0.5, 0.6) is 5.75 Å². The van der Waals surface area contributed by atoms with Gasteiger partial charge in [-0.05, 0) is 80.7 Å². The molecule has 2 aromatic heterocycles. The third-order valence-corrected chi connectivity index (χ3v) is 7.26. The topological polar surface area (TPSA) is 77.2 Å². The van der Waals surface area contributed by atoms with E-state index in [1.165, 1.54) is 5.56 Å². The molecule has 6 nitrogen and oxygen atoms in total. The maximum absolute atomic E-state index is 10.7. The molecule has 1 aliphatic heterocycles. The Labute approximate surface area is 208 Å². The zero-order valence-corrected chi connectivity index (χ0v) is 20.5. The van der Waals surface area contributed by atoms with E-state index in [0.717, 1.165) is 59.7 Å². The number of hydrogen-bond acceptors (Lipinski definition) is 4. The standard InChI is InChI=1S/C26H28Cl2N4O2/c1-16-11-25(31-30-16)24-13-20-23(29-24)3-2-4-26(20)34-15-19(33)14-32-9-7-17(8-10-32)18-5-6-21(27)22(28)12-18/h2-6,11-13,17,19,29,33H,7-10,14-15H2,1H3,(H,30,31). The van der Waals surface area contributed by atoms with E-state index in [9.17, 15) is 5.11 Å². The Morgan fingerprint density at radius 1 is 1.09 bits per heavy atom. The summed E-state index contributed by atoms with van der Waals surface area (Å²) in [5.74, 6) is 1.23. The molecule has 1 fully saturated rings. The first-order chi connectivity index (χ1) is 16.5. The quantitative estimate of drug-likeness (QED) is 0.301. The van der Waals surface area contributed by atoms with Gasteiger partial charge in [0.2, 0.25) is 0 Å². The lowest BCUT2D eigenvalue weighted by molar-refractivity contribution is 0.0599. The van der Waals surface area contributed by atoms with Crippen molar-refractivity contribution in [1.82, 2.24) is 20.1 Å². The number of aromatic amines is 2. The number of aliphatic hydroxyl groups is 1. The van der Waals surface area contributed by atoms with Gasteiger partial charge in [-0.3, -0.25) is 5.10 Å². The van der Waals surface area contributed by atoms with Crippen molar-refractivity contribution in [2.45, 2.75) is 31.8 Å². The van der Waals surface area contributed by atoms with Gasteiger partial charge < -0.3 is 19.7 Å². The predicted octanol–water partition coefficient (Wildman–Crippen LogP) is 5.79. The van der Waals surface area contributed by atoms with Gasteiger partial charge in [0.15, 0.2) is 0 Å². The monoisotopic (exact) mass is 498 g/mol. The van der Waals surface area contributed by atoms with E-state index in [2.05, 4.69) is 32.2 Å². The number of rotatable bonds is 7. The number of H-pyrrole nitrogens is 2. The molecule has 0 bridgehead atoms. The molecule has 178 valence electrons. The second-order valence-electron chi connectivity index (χ2n) is 9.04. The van der Waals surface area contributed by atoms with Gasteiger partial charge in [-0.15, -0.1) is 0 Å². The minimum absolute atomic E-state index is 0.246. The molecule has 0 radical (unpaired) electrons. The zero-order chi connectivity index (χ0) is 23.7. The molecule has 4 aromatic rings. The lowest BCUT2D eigenvalue weighted by Crippen LogP contribution is -2.40. The first-order valence-electron chi connectivity index (χ1n) is 11.6. The molecule has 0 amide bonds. The molecule has 0 saturated carbocycles. The van der Waals surface area contributed by atoms with E-state index >= 15 is 0 Å². The van der Waals surface area contributed by atoms with Gasteiger partial charge in [0.1, 0.15) is 18.5 Å². The van der Waals surface area contributed by atoms with Gasteiger partial charge in [-0.1, -0.05) is 35.3 Å². The van der Waals surface area contributed by atoms with Crippen LogP contribution >= 0.6 is 23.2 Å². The van der Waals surface area contributed by atoms with Crippen molar-refractivity contribution >= 4 is 34.1 Å². The minimum atomic E-state index is -0.564. The summed E-state index contributed by atoms with van der Waals surface area (Å²) in [4.78, 5) is 5.71. The molecule has 0 aliphatic carbocycles. The first-order valence-corrected chi connectivity index (χ1v) is 12.3. The molecular formula is C26H28Cl2N4O2. The largest absolute Gasteiger partial charge is 0.490 e. The van der Waals surface area contributed by atoms with Crippen molar-refractivity contribution in [3.05, 3.63) is 69.8 Å². The number of β-amino-alcohol motifs (C(OH)–C–C–N with tert-alkyl or cyclic N) is 1. The van der Waals surface area contributed by atoms with E-state index in [4.69, 9.17) is 27.9 Å². The summed E-state index contributed by atoms with van der Waals surface area (Å²) in [6.07, 6.45) is 1.50. The van der Waals surface area contributed by atoms with Gasteiger partial charge in [-0.2, -0.15) is 5.10 Å². The van der Waals surface area contributed by atoms with Crippen LogP contribution in [0, 0.1) is 6.92 Å².